The van der Waals surface area contributed by atoms with E-state index in [0.29, 0.717) is 6.54 Å². The van der Waals surface area contributed by atoms with Crippen LogP contribution >= 0.6 is 15.9 Å². The molecule has 0 heterocycles. The third-order valence-corrected chi connectivity index (χ3v) is 6.78. The van der Waals surface area contributed by atoms with E-state index in [4.69, 9.17) is 5.73 Å². The summed E-state index contributed by atoms with van der Waals surface area (Å²) in [7, 11) is 2.07. The fourth-order valence-electron chi connectivity index (χ4n) is 2.75. The van der Waals surface area contributed by atoms with Crippen molar-refractivity contribution in [2.75, 3.05) is 33.4 Å². The van der Waals surface area contributed by atoms with E-state index in [1.165, 1.54) is 4.31 Å². The lowest BCUT2D eigenvalue weighted by molar-refractivity contribution is 0.0455. The predicted octanol–water partition coefficient (Wildman–Crippen LogP) is 2.14. The van der Waals surface area contributed by atoms with Gasteiger partial charge in [0.05, 0.1) is 5.69 Å². The number of rotatable bonds is 5. The number of hydrogen-bond acceptors (Lipinski definition) is 4. The molecule has 0 atom stereocenters. The van der Waals surface area contributed by atoms with Crippen LogP contribution in [0.3, 0.4) is 0 Å². The summed E-state index contributed by atoms with van der Waals surface area (Å²) >= 11 is 3.29. The van der Waals surface area contributed by atoms with Crippen molar-refractivity contribution in [3.8, 4) is 0 Å². The highest BCUT2D eigenvalue weighted by molar-refractivity contribution is 9.10. The van der Waals surface area contributed by atoms with Crippen molar-refractivity contribution in [1.29, 1.82) is 0 Å². The van der Waals surface area contributed by atoms with Crippen molar-refractivity contribution in [1.82, 2.24) is 9.21 Å². The molecule has 0 unspecified atom stereocenters. The topological polar surface area (TPSA) is 66.6 Å². The number of nitrogens with zero attached hydrogens (tertiary/aromatic N) is 2. The van der Waals surface area contributed by atoms with Crippen LogP contribution in [0, 0.1) is 0 Å². The Morgan fingerprint density at radius 1 is 1.29 bits per heavy atom. The lowest BCUT2D eigenvalue weighted by Gasteiger charge is -2.49. The van der Waals surface area contributed by atoms with E-state index < -0.39 is 10.0 Å². The van der Waals surface area contributed by atoms with Crippen LogP contribution in [0.2, 0.25) is 0 Å². The molecular formula is C14H22BrN3O2S. The number of sulfonamides is 1. The molecule has 1 aromatic rings. The summed E-state index contributed by atoms with van der Waals surface area (Å²) in [6.45, 7) is 0.484. The molecule has 0 spiro atoms. The first-order valence-corrected chi connectivity index (χ1v) is 9.11. The second-order valence-corrected chi connectivity index (χ2v) is 8.84. The largest absolute Gasteiger partial charge is 0.398 e. The molecule has 0 amide bonds. The molecule has 0 radical (unpaired) electrons. The average molecular weight is 376 g/mol. The van der Waals surface area contributed by atoms with Crippen LogP contribution in [0.25, 0.3) is 0 Å². The number of nitrogen functional groups attached to an aromatic ring is 1. The van der Waals surface area contributed by atoms with Crippen LogP contribution in [0.5, 0.6) is 0 Å². The van der Waals surface area contributed by atoms with Gasteiger partial charge in [0.1, 0.15) is 4.90 Å². The summed E-state index contributed by atoms with van der Waals surface area (Å²) in [6.07, 6.45) is 3.19. The van der Waals surface area contributed by atoms with E-state index in [1.54, 1.807) is 25.2 Å². The Kier molecular flexibility index (Phi) is 4.68. The number of nitrogens with two attached hydrogens (primary N) is 1. The van der Waals surface area contributed by atoms with Gasteiger partial charge in [-0.2, -0.15) is 4.31 Å². The number of halogens is 1. The molecule has 5 nitrogen and oxygen atoms in total. The standard InChI is InChI=1S/C14H22BrN3O2S/c1-17(2)14(7-4-8-14)10-18(3)21(19,20)13-6-5-11(15)9-12(13)16/h5-6,9H,4,7-8,10,16H2,1-3H3. The first kappa shape index (κ1) is 16.7. The highest BCUT2D eigenvalue weighted by Gasteiger charge is 2.42. The first-order valence-electron chi connectivity index (χ1n) is 6.88. The Hall–Kier alpha value is -0.630. The van der Waals surface area contributed by atoms with Gasteiger partial charge in [-0.05, 0) is 51.6 Å². The van der Waals surface area contributed by atoms with E-state index in [2.05, 4.69) is 20.8 Å². The van der Waals surface area contributed by atoms with Crippen LogP contribution in [-0.2, 0) is 10.0 Å². The fourth-order valence-corrected chi connectivity index (χ4v) is 4.47. The number of likely N-dealkylation sites (N-methyl/N-ethyl adjacent to an activating group) is 2. The van der Waals surface area contributed by atoms with Crippen molar-refractivity contribution in [3.63, 3.8) is 0 Å². The molecule has 0 bridgehead atoms. The van der Waals surface area contributed by atoms with Crippen molar-refractivity contribution in [3.05, 3.63) is 22.7 Å². The minimum atomic E-state index is -3.57. The highest BCUT2D eigenvalue weighted by Crippen LogP contribution is 2.38. The lowest BCUT2D eigenvalue weighted by atomic mass is 9.75. The summed E-state index contributed by atoms with van der Waals surface area (Å²) in [6, 6.07) is 4.86. The van der Waals surface area contributed by atoms with Crippen LogP contribution in [0.1, 0.15) is 19.3 Å². The second-order valence-electron chi connectivity index (χ2n) is 5.92. The molecule has 118 valence electrons. The van der Waals surface area contributed by atoms with Gasteiger partial charge in [0.15, 0.2) is 0 Å². The maximum atomic E-state index is 12.7. The molecular weight excluding hydrogens is 354 g/mol. The van der Waals surface area contributed by atoms with E-state index in [1.807, 2.05) is 14.1 Å². The molecule has 1 saturated carbocycles. The first-order chi connectivity index (χ1) is 9.69. The predicted molar refractivity (Wildman–Crippen MR) is 88.6 cm³/mol. The van der Waals surface area contributed by atoms with Gasteiger partial charge in [0, 0.05) is 23.6 Å². The second kappa shape index (κ2) is 5.87. The highest BCUT2D eigenvalue weighted by atomic mass is 79.9. The van der Waals surface area contributed by atoms with Crippen LogP contribution in [0.4, 0.5) is 5.69 Å². The monoisotopic (exact) mass is 375 g/mol. The maximum absolute atomic E-state index is 12.7. The summed E-state index contributed by atoms with van der Waals surface area (Å²) in [4.78, 5) is 2.30. The lowest BCUT2D eigenvalue weighted by Crippen LogP contribution is -2.57. The molecule has 21 heavy (non-hydrogen) atoms. The Morgan fingerprint density at radius 2 is 1.90 bits per heavy atom. The molecule has 2 rings (SSSR count). The minimum absolute atomic E-state index is 0.0497. The number of anilines is 1. The van der Waals surface area contributed by atoms with Gasteiger partial charge < -0.3 is 10.6 Å². The quantitative estimate of drug-likeness (QED) is 0.800. The minimum Gasteiger partial charge on any atom is -0.398 e. The molecule has 0 saturated heterocycles. The SMILES string of the molecule is CN(C)C1(CN(C)S(=O)(=O)c2ccc(Br)cc2N)CCC1. The molecule has 2 N–H and O–H groups in total. The zero-order valence-corrected chi connectivity index (χ0v) is 15.0. The van der Waals surface area contributed by atoms with Crippen LogP contribution < -0.4 is 5.73 Å². The zero-order chi connectivity index (χ0) is 15.8. The smallest absolute Gasteiger partial charge is 0.244 e. The zero-order valence-electron chi connectivity index (χ0n) is 12.6. The summed E-state index contributed by atoms with van der Waals surface area (Å²) in [5.41, 5.74) is 6.09. The molecule has 0 aliphatic heterocycles. The van der Waals surface area contributed by atoms with E-state index in [9.17, 15) is 8.42 Å². The van der Waals surface area contributed by atoms with Crippen molar-refractivity contribution >= 4 is 31.6 Å². The molecule has 1 aromatic carbocycles. The normalized spacial score (nSPS) is 18.0. The van der Waals surface area contributed by atoms with Crippen LogP contribution in [-0.4, -0.2) is 50.8 Å². The van der Waals surface area contributed by atoms with Gasteiger partial charge in [-0.25, -0.2) is 8.42 Å². The van der Waals surface area contributed by atoms with Gasteiger partial charge in [0.25, 0.3) is 0 Å². The third-order valence-electron chi connectivity index (χ3n) is 4.41. The average Bonchev–Trinajstić information content (AvgIpc) is 2.32. The van der Waals surface area contributed by atoms with E-state index in [-0.39, 0.29) is 16.1 Å². The molecule has 1 aliphatic rings. The summed E-state index contributed by atoms with van der Waals surface area (Å²) in [5, 5.41) is 0. The summed E-state index contributed by atoms with van der Waals surface area (Å²) in [5.74, 6) is 0. The number of benzene rings is 1. The molecule has 1 aliphatic carbocycles. The summed E-state index contributed by atoms with van der Waals surface area (Å²) < 4.78 is 27.6. The Labute approximate surface area is 135 Å². The Bertz CT molecular complexity index is 627. The van der Waals surface area contributed by atoms with Crippen molar-refractivity contribution in [2.24, 2.45) is 0 Å². The Balaban J connectivity index is 2.27. The van der Waals surface area contributed by atoms with E-state index in [0.717, 1.165) is 23.7 Å². The van der Waals surface area contributed by atoms with Gasteiger partial charge in [-0.15, -0.1) is 0 Å². The Morgan fingerprint density at radius 3 is 2.33 bits per heavy atom. The maximum Gasteiger partial charge on any atom is 0.244 e. The molecule has 1 fully saturated rings. The molecule has 0 aromatic heterocycles. The van der Waals surface area contributed by atoms with Gasteiger partial charge >= 0.3 is 0 Å². The fraction of sp³-hybridized carbons (Fsp3) is 0.571. The number of hydrogen-bond donors (Lipinski definition) is 1. The third kappa shape index (κ3) is 3.11. The van der Waals surface area contributed by atoms with Gasteiger partial charge in [0.2, 0.25) is 10.0 Å². The van der Waals surface area contributed by atoms with Crippen molar-refractivity contribution < 1.29 is 8.42 Å². The van der Waals surface area contributed by atoms with Gasteiger partial charge in [-0.1, -0.05) is 15.9 Å². The van der Waals surface area contributed by atoms with Crippen molar-refractivity contribution in [2.45, 2.75) is 29.7 Å². The molecule has 7 heteroatoms. The van der Waals surface area contributed by atoms with Crippen LogP contribution in [0.15, 0.2) is 27.6 Å². The van der Waals surface area contributed by atoms with E-state index >= 15 is 0 Å². The van der Waals surface area contributed by atoms with Gasteiger partial charge in [-0.3, -0.25) is 0 Å².